The van der Waals surface area contributed by atoms with E-state index < -0.39 is 17.7 Å². The van der Waals surface area contributed by atoms with Gasteiger partial charge in [-0.25, -0.2) is 4.79 Å². The number of likely N-dealkylation sites (tertiary alicyclic amines) is 1. The van der Waals surface area contributed by atoms with E-state index in [1.165, 1.54) is 4.90 Å². The van der Waals surface area contributed by atoms with Crippen molar-refractivity contribution in [3.05, 3.63) is 29.8 Å². The molecule has 1 saturated heterocycles. The largest absolute Gasteiger partial charge is 0.508 e. The molecule has 1 saturated carbocycles. The van der Waals surface area contributed by atoms with Crippen molar-refractivity contribution in [3.63, 3.8) is 0 Å². The van der Waals surface area contributed by atoms with Gasteiger partial charge < -0.3 is 14.6 Å². The molecule has 2 fully saturated rings. The van der Waals surface area contributed by atoms with Gasteiger partial charge in [0, 0.05) is 13.0 Å². The number of aromatic hydroxyl groups is 1. The highest BCUT2D eigenvalue weighted by molar-refractivity contribution is 5.88. The number of para-hydroxylation sites is 1. The Morgan fingerprint density at radius 3 is 2.52 bits per heavy atom. The number of carbonyl (C=O) groups is 2. The van der Waals surface area contributed by atoms with Crippen LogP contribution in [0.3, 0.4) is 0 Å². The number of carbonyl (C=O) groups excluding carboxylic acids is 2. The topological polar surface area (TPSA) is 76.1 Å². The molecule has 29 heavy (non-hydrogen) atoms. The second-order valence-corrected chi connectivity index (χ2v) is 9.13. The minimum atomic E-state index is -0.593. The first kappa shape index (κ1) is 21.6. The van der Waals surface area contributed by atoms with Gasteiger partial charge in [-0.2, -0.15) is 0 Å². The molecule has 0 spiro atoms. The van der Waals surface area contributed by atoms with Gasteiger partial charge in [-0.15, -0.1) is 0 Å². The van der Waals surface area contributed by atoms with Crippen LogP contribution < -0.4 is 0 Å². The molecule has 1 aliphatic heterocycles. The average Bonchev–Trinajstić information content (AvgIpc) is 2.66. The molecule has 1 aromatic rings. The molecule has 160 valence electrons. The third-order valence-corrected chi connectivity index (χ3v) is 5.74. The number of phenols is 1. The van der Waals surface area contributed by atoms with E-state index in [9.17, 15) is 14.7 Å². The van der Waals surface area contributed by atoms with Gasteiger partial charge in [-0.1, -0.05) is 18.2 Å². The second kappa shape index (κ2) is 9.16. The highest BCUT2D eigenvalue weighted by Gasteiger charge is 2.36. The zero-order valence-corrected chi connectivity index (χ0v) is 17.7. The summed E-state index contributed by atoms with van der Waals surface area (Å²) in [7, 11) is 0. The van der Waals surface area contributed by atoms with Crippen molar-refractivity contribution in [2.45, 2.75) is 83.0 Å². The van der Waals surface area contributed by atoms with E-state index in [0.29, 0.717) is 31.1 Å². The fraction of sp³-hybridized carbons (Fsp3) is 0.652. The van der Waals surface area contributed by atoms with Gasteiger partial charge in [0.15, 0.2) is 5.78 Å². The van der Waals surface area contributed by atoms with Crippen LogP contribution in [0.2, 0.25) is 0 Å². The number of rotatable bonds is 4. The number of piperidine rings is 1. The third-order valence-electron chi connectivity index (χ3n) is 5.74. The Kier molecular flexibility index (Phi) is 6.83. The zero-order valence-electron chi connectivity index (χ0n) is 17.7. The summed E-state index contributed by atoms with van der Waals surface area (Å²) in [5.41, 5.74) is 0.411. The van der Waals surface area contributed by atoms with E-state index in [1.807, 2.05) is 39.0 Å². The standard InChI is InChI=1S/C23H33NO5/c1-23(2,3)29-22(27)24-14-6-9-21(26)19(24)15-28-17-12-10-16(11-13-17)18-7-4-5-8-20(18)25/h4-5,7-8,16-17,19,25H,6,9-15H2,1-3H3. The van der Waals surface area contributed by atoms with Crippen molar-refractivity contribution in [2.75, 3.05) is 13.2 Å². The van der Waals surface area contributed by atoms with E-state index in [1.54, 1.807) is 6.07 Å². The Labute approximate surface area is 173 Å². The number of amides is 1. The first-order valence-corrected chi connectivity index (χ1v) is 10.7. The predicted octanol–water partition coefficient (Wildman–Crippen LogP) is 4.40. The van der Waals surface area contributed by atoms with Crippen LogP contribution in [0.1, 0.15) is 70.8 Å². The minimum Gasteiger partial charge on any atom is -0.508 e. The van der Waals surface area contributed by atoms with Crippen molar-refractivity contribution < 1.29 is 24.2 Å². The first-order valence-electron chi connectivity index (χ1n) is 10.7. The highest BCUT2D eigenvalue weighted by atomic mass is 16.6. The second-order valence-electron chi connectivity index (χ2n) is 9.13. The fourth-order valence-corrected chi connectivity index (χ4v) is 4.24. The maximum Gasteiger partial charge on any atom is 0.410 e. The first-order chi connectivity index (χ1) is 13.7. The fourth-order valence-electron chi connectivity index (χ4n) is 4.24. The van der Waals surface area contributed by atoms with Crippen LogP contribution in [0.25, 0.3) is 0 Å². The van der Waals surface area contributed by atoms with Crippen LogP contribution >= 0.6 is 0 Å². The molecule has 0 bridgehead atoms. The van der Waals surface area contributed by atoms with E-state index in [2.05, 4.69) is 0 Å². The molecule has 0 radical (unpaired) electrons. The van der Waals surface area contributed by atoms with Gasteiger partial charge in [0.1, 0.15) is 17.4 Å². The van der Waals surface area contributed by atoms with Crippen LogP contribution in [-0.2, 0) is 14.3 Å². The van der Waals surface area contributed by atoms with E-state index in [0.717, 1.165) is 31.2 Å². The lowest BCUT2D eigenvalue weighted by molar-refractivity contribution is -0.131. The lowest BCUT2D eigenvalue weighted by Crippen LogP contribution is -2.53. The number of Topliss-reactive ketones (excluding diaryl/α,β-unsaturated/α-hetero) is 1. The third kappa shape index (κ3) is 5.72. The number of phenolic OH excluding ortho intramolecular Hbond substituents is 1. The molecule has 1 aliphatic carbocycles. The Hall–Kier alpha value is -2.08. The van der Waals surface area contributed by atoms with Crippen LogP contribution in [0, 0.1) is 0 Å². The summed E-state index contributed by atoms with van der Waals surface area (Å²) in [4.78, 5) is 26.5. The number of nitrogens with zero attached hydrogens (tertiary/aromatic N) is 1. The number of ether oxygens (including phenoxy) is 2. The number of ketones is 1. The zero-order chi connectivity index (χ0) is 21.0. The summed E-state index contributed by atoms with van der Waals surface area (Å²) in [6.07, 6.45) is 4.43. The normalized spacial score (nSPS) is 25.7. The van der Waals surface area contributed by atoms with Crippen molar-refractivity contribution in [1.82, 2.24) is 4.90 Å². The molecule has 6 heteroatoms. The monoisotopic (exact) mass is 403 g/mol. The van der Waals surface area contributed by atoms with E-state index in [-0.39, 0.29) is 18.5 Å². The number of benzene rings is 1. The van der Waals surface area contributed by atoms with Gasteiger partial charge in [0.05, 0.1) is 12.7 Å². The summed E-state index contributed by atoms with van der Waals surface area (Å²) in [5, 5.41) is 10.1. The molecule has 1 atom stereocenters. The Balaban J connectivity index is 1.53. The molecule has 1 N–H and O–H groups in total. The number of hydrogen-bond acceptors (Lipinski definition) is 5. The molecular weight excluding hydrogens is 370 g/mol. The highest BCUT2D eigenvalue weighted by Crippen LogP contribution is 2.37. The average molecular weight is 404 g/mol. The molecule has 1 unspecified atom stereocenters. The molecule has 2 aliphatic rings. The molecule has 1 heterocycles. The summed E-state index contributed by atoms with van der Waals surface area (Å²) in [5.74, 6) is 0.744. The lowest BCUT2D eigenvalue weighted by Gasteiger charge is -2.37. The van der Waals surface area contributed by atoms with Crippen molar-refractivity contribution in [1.29, 1.82) is 0 Å². The maximum atomic E-state index is 12.5. The van der Waals surface area contributed by atoms with E-state index >= 15 is 0 Å². The van der Waals surface area contributed by atoms with Crippen LogP contribution in [0.15, 0.2) is 24.3 Å². The van der Waals surface area contributed by atoms with Crippen molar-refractivity contribution >= 4 is 11.9 Å². The molecule has 6 nitrogen and oxygen atoms in total. The van der Waals surface area contributed by atoms with Gasteiger partial charge in [0.25, 0.3) is 0 Å². The van der Waals surface area contributed by atoms with Crippen LogP contribution in [0.5, 0.6) is 5.75 Å². The van der Waals surface area contributed by atoms with Gasteiger partial charge in [-0.05, 0) is 70.4 Å². The molecule has 0 aromatic heterocycles. The smallest absolute Gasteiger partial charge is 0.410 e. The Bertz CT molecular complexity index is 718. The SMILES string of the molecule is CC(C)(C)OC(=O)N1CCCC(=O)C1COC1CCC(c2ccccc2O)CC1. The predicted molar refractivity (Wildman–Crippen MR) is 110 cm³/mol. The summed E-state index contributed by atoms with van der Waals surface area (Å²) >= 11 is 0. The lowest BCUT2D eigenvalue weighted by atomic mass is 9.82. The number of hydrogen-bond donors (Lipinski definition) is 1. The minimum absolute atomic E-state index is 0.0463. The molecule has 1 aromatic carbocycles. The van der Waals surface area contributed by atoms with Crippen molar-refractivity contribution in [3.8, 4) is 5.75 Å². The molecule has 3 rings (SSSR count). The van der Waals surface area contributed by atoms with Crippen LogP contribution in [-0.4, -0.2) is 52.8 Å². The van der Waals surface area contributed by atoms with Gasteiger partial charge in [0.2, 0.25) is 0 Å². The van der Waals surface area contributed by atoms with Crippen LogP contribution in [0.4, 0.5) is 4.79 Å². The quantitative estimate of drug-likeness (QED) is 0.806. The summed E-state index contributed by atoms with van der Waals surface area (Å²) in [6.45, 7) is 6.22. The maximum absolute atomic E-state index is 12.5. The van der Waals surface area contributed by atoms with Crippen molar-refractivity contribution in [2.24, 2.45) is 0 Å². The van der Waals surface area contributed by atoms with Gasteiger partial charge in [-0.3, -0.25) is 9.69 Å². The van der Waals surface area contributed by atoms with Gasteiger partial charge >= 0.3 is 6.09 Å². The Morgan fingerprint density at radius 2 is 1.86 bits per heavy atom. The van der Waals surface area contributed by atoms with E-state index in [4.69, 9.17) is 9.47 Å². The molecular formula is C23H33NO5. The Morgan fingerprint density at radius 1 is 1.17 bits per heavy atom. The summed E-state index contributed by atoms with van der Waals surface area (Å²) < 4.78 is 11.6. The summed E-state index contributed by atoms with van der Waals surface area (Å²) in [6, 6.07) is 6.95. The molecule has 1 amide bonds.